The normalized spacial score (nSPS) is 31.8. The molecule has 1 spiro atoms. The van der Waals surface area contributed by atoms with Gasteiger partial charge in [0, 0.05) is 12.1 Å². The van der Waals surface area contributed by atoms with Gasteiger partial charge in [-0.05, 0) is 36.8 Å². The van der Waals surface area contributed by atoms with Gasteiger partial charge in [-0.1, -0.05) is 25.3 Å². The van der Waals surface area contributed by atoms with E-state index >= 15 is 0 Å². The van der Waals surface area contributed by atoms with Crippen molar-refractivity contribution >= 4 is 5.90 Å². The van der Waals surface area contributed by atoms with E-state index in [0.717, 1.165) is 38.5 Å². The summed E-state index contributed by atoms with van der Waals surface area (Å²) in [4.78, 5) is 8.48. The average Bonchev–Trinajstić information content (AvgIpc) is 3.00. The molecule has 6 heteroatoms. The van der Waals surface area contributed by atoms with E-state index in [1.54, 1.807) is 18.3 Å². The van der Waals surface area contributed by atoms with Crippen molar-refractivity contribution in [1.29, 1.82) is 0 Å². The first-order chi connectivity index (χ1) is 9.22. The van der Waals surface area contributed by atoms with Crippen LogP contribution in [-0.4, -0.2) is 23.0 Å². The Morgan fingerprint density at radius 1 is 1.29 bits per heavy atom. The molecule has 118 valence electrons. The Morgan fingerprint density at radius 3 is 2.57 bits per heavy atom. The van der Waals surface area contributed by atoms with E-state index in [9.17, 15) is 5.11 Å². The predicted octanol–water partition coefficient (Wildman–Crippen LogP) is -0.666. The monoisotopic (exact) mass is 489 g/mol. The van der Waals surface area contributed by atoms with Crippen LogP contribution < -0.4 is 17.5 Å². The summed E-state index contributed by atoms with van der Waals surface area (Å²) < 4.78 is 0. The number of hydrogen-bond acceptors (Lipinski definition) is 3. The Bertz CT molecular complexity index is 481. The van der Waals surface area contributed by atoms with Gasteiger partial charge in [-0.15, -0.1) is 6.04 Å². The molecule has 0 aliphatic heterocycles. The van der Waals surface area contributed by atoms with E-state index in [1.807, 2.05) is 6.07 Å². The fourth-order valence-corrected chi connectivity index (χ4v) is 3.76. The molecule has 4 nitrogen and oxygen atoms in total. The van der Waals surface area contributed by atoms with Crippen molar-refractivity contribution in [2.24, 2.45) is 10.4 Å². The molecule has 3 atom stereocenters. The van der Waals surface area contributed by atoms with Crippen molar-refractivity contribution in [1.82, 2.24) is 4.98 Å². The van der Waals surface area contributed by atoms with E-state index in [2.05, 4.69) is 9.98 Å². The fourth-order valence-electron chi connectivity index (χ4n) is 3.76. The van der Waals surface area contributed by atoms with Crippen LogP contribution in [0.15, 0.2) is 29.4 Å². The molecule has 2 saturated carbocycles. The summed E-state index contributed by atoms with van der Waals surface area (Å²) in [5.74, 6) is -0.217. The predicted molar refractivity (Wildman–Crippen MR) is 72.8 cm³/mol. The smallest absolute Gasteiger partial charge is 1.00 e. The molecule has 0 radical (unpaired) electrons. The van der Waals surface area contributed by atoms with Gasteiger partial charge >= 0.3 is 22.4 Å². The number of nitrogens with one attached hydrogen (secondary N) is 1. The molecule has 1 heterocycles. The summed E-state index contributed by atoms with van der Waals surface area (Å²) >= 11 is 0. The van der Waals surface area contributed by atoms with Crippen molar-refractivity contribution in [2.75, 3.05) is 0 Å². The van der Waals surface area contributed by atoms with Crippen molar-refractivity contribution in [3.05, 3.63) is 35.8 Å². The molecule has 2 fully saturated rings. The third kappa shape index (κ3) is 3.51. The molecule has 1 aromatic rings. The van der Waals surface area contributed by atoms with Crippen LogP contribution in [0.25, 0.3) is 5.73 Å². The Kier molecular flexibility index (Phi) is 6.88. The topological polar surface area (TPSA) is 72.1 Å². The van der Waals surface area contributed by atoms with Crippen LogP contribution >= 0.6 is 0 Å². The van der Waals surface area contributed by atoms with Gasteiger partial charge in [0.05, 0.1) is 11.7 Å². The molecule has 3 rings (SSSR count). The van der Waals surface area contributed by atoms with Crippen molar-refractivity contribution < 1.29 is 39.9 Å². The third-order valence-electron chi connectivity index (χ3n) is 4.77. The van der Waals surface area contributed by atoms with Crippen LogP contribution in [0, 0.1) is 5.41 Å². The largest absolute Gasteiger partial charge is 3.00 e. The Balaban J connectivity index is 0.00000110. The molecular weight excluding hydrogens is 471 g/mol. The number of nitrogens with zero attached hydrogens (tertiary/aromatic N) is 2. The molecule has 1 aromatic heterocycles. The minimum atomic E-state index is -0.217. The fraction of sp³-hybridized carbons (Fsp3) is 0.600. The second kappa shape index (κ2) is 7.75. The number of hydrogen-bond donors (Lipinski definition) is 0. The maximum atomic E-state index is 12.2. The maximum Gasteiger partial charge on any atom is 3.00 e. The first kappa shape index (κ1) is 18.7. The standard InChI is InChI=1S/C15H20N3O.Au.ClH/c16-12-6-3-8-15(12)9-4-7-13(15)18-14(19)11-5-1-2-10-17-11;;/h1-2,5,10,12-13,16H,3-4,6-9H2,(H,18,19);;1H/q-1;+3;/p-2/t12-,13?,15-;;/m1../s1. The molecule has 1 unspecified atom stereocenters. The van der Waals surface area contributed by atoms with Crippen LogP contribution in [0.4, 0.5) is 0 Å². The number of aromatic nitrogens is 1. The van der Waals surface area contributed by atoms with Crippen LogP contribution in [0.2, 0.25) is 0 Å². The molecule has 0 bridgehead atoms. The summed E-state index contributed by atoms with van der Waals surface area (Å²) in [5, 5.41) is 12.2. The van der Waals surface area contributed by atoms with Gasteiger partial charge in [0.15, 0.2) is 0 Å². The van der Waals surface area contributed by atoms with Crippen LogP contribution in [0.5, 0.6) is 0 Å². The minimum Gasteiger partial charge on any atom is -1.00 e. The number of rotatable bonds is 2. The number of halogens is 1. The van der Waals surface area contributed by atoms with Gasteiger partial charge in [-0.25, -0.2) is 0 Å². The molecule has 2 aliphatic rings. The summed E-state index contributed by atoms with van der Waals surface area (Å²) in [6.07, 6.45) is 7.86. The van der Waals surface area contributed by atoms with E-state index < -0.39 is 0 Å². The second-order valence-corrected chi connectivity index (χ2v) is 5.74. The van der Waals surface area contributed by atoms with Gasteiger partial charge in [-0.2, -0.15) is 0 Å². The summed E-state index contributed by atoms with van der Waals surface area (Å²) in [5.41, 5.74) is 8.67. The van der Waals surface area contributed by atoms with Gasteiger partial charge in [0.1, 0.15) is 0 Å². The van der Waals surface area contributed by atoms with E-state index in [-0.39, 0.29) is 58.2 Å². The molecule has 0 amide bonds. The van der Waals surface area contributed by atoms with E-state index in [4.69, 9.17) is 5.73 Å². The van der Waals surface area contributed by atoms with Gasteiger partial charge < -0.3 is 23.2 Å². The third-order valence-corrected chi connectivity index (χ3v) is 4.77. The zero-order valence-corrected chi connectivity index (χ0v) is 14.6. The zero-order chi connectivity index (χ0) is 13.3. The Labute approximate surface area is 147 Å². The van der Waals surface area contributed by atoms with Crippen LogP contribution in [0.3, 0.4) is 0 Å². The minimum absolute atomic E-state index is 0. The first-order valence-corrected chi connectivity index (χ1v) is 7.10. The van der Waals surface area contributed by atoms with Crippen molar-refractivity contribution in [3.63, 3.8) is 0 Å². The summed E-state index contributed by atoms with van der Waals surface area (Å²) in [6, 6.07) is 5.31. The zero-order valence-electron chi connectivity index (χ0n) is 11.7. The number of pyridine rings is 1. The molecule has 2 aliphatic carbocycles. The molecule has 1 N–H and O–H groups in total. The van der Waals surface area contributed by atoms with Crippen LogP contribution in [0.1, 0.15) is 44.2 Å². The maximum absolute atomic E-state index is 12.2. The SMILES string of the molecule is [Au+3].[Cl-].[NH-][C@@H]1CCC[C@@]12CCCC2N=C([O-])c1ccccn1. The molecule has 0 aromatic carbocycles. The van der Waals surface area contributed by atoms with Gasteiger partial charge in [0.25, 0.3) is 0 Å². The van der Waals surface area contributed by atoms with Crippen LogP contribution in [-0.2, 0) is 22.4 Å². The van der Waals surface area contributed by atoms with Gasteiger partial charge in [0.2, 0.25) is 0 Å². The molecular formula is C15H19AuClN3O. The quantitative estimate of drug-likeness (QED) is 0.314. The average molecular weight is 490 g/mol. The van der Waals surface area contributed by atoms with E-state index in [0.29, 0.717) is 5.69 Å². The molecule has 0 saturated heterocycles. The number of aliphatic imine (C=N–C) groups is 1. The Hall–Kier alpha value is -0.390. The second-order valence-electron chi connectivity index (χ2n) is 5.74. The van der Waals surface area contributed by atoms with Gasteiger partial charge in [-0.3, -0.25) is 9.98 Å². The Morgan fingerprint density at radius 2 is 2.00 bits per heavy atom. The van der Waals surface area contributed by atoms with Crippen molar-refractivity contribution in [3.8, 4) is 0 Å². The summed E-state index contributed by atoms with van der Waals surface area (Å²) in [7, 11) is 0. The first-order valence-electron chi connectivity index (χ1n) is 7.10. The van der Waals surface area contributed by atoms with E-state index in [1.165, 1.54) is 0 Å². The molecule has 21 heavy (non-hydrogen) atoms. The summed E-state index contributed by atoms with van der Waals surface area (Å²) in [6.45, 7) is 0. The van der Waals surface area contributed by atoms with Crippen molar-refractivity contribution in [2.45, 2.75) is 50.6 Å².